The molecule has 0 spiro atoms. The Morgan fingerprint density at radius 3 is 2.35 bits per heavy atom. The van der Waals surface area contributed by atoms with Crippen molar-refractivity contribution < 1.29 is 9.84 Å². The molecule has 1 N–H and O–H groups in total. The van der Waals surface area contributed by atoms with Crippen LogP contribution in [-0.4, -0.2) is 47.3 Å². The quantitative estimate of drug-likeness (QED) is 0.167. The number of hydrogen-bond acceptors (Lipinski definition) is 4. The predicted molar refractivity (Wildman–Crippen MR) is 168 cm³/mol. The van der Waals surface area contributed by atoms with Crippen LogP contribution in [0.15, 0.2) is 89.4 Å². The first kappa shape index (κ1) is 28.8. The van der Waals surface area contributed by atoms with Gasteiger partial charge in [-0.1, -0.05) is 83.0 Å². The minimum absolute atomic E-state index is 0.279. The minimum atomic E-state index is -0.978. The van der Waals surface area contributed by atoms with Crippen LogP contribution in [0.1, 0.15) is 67.6 Å². The number of hydrogen-bond donors (Lipinski definition) is 1. The summed E-state index contributed by atoms with van der Waals surface area (Å²) in [5.74, 6) is 0.299. The molecule has 4 aromatic rings. The largest absolute Gasteiger partial charge is 0.481 e. The molecule has 4 nitrogen and oxygen atoms in total. The molecule has 0 aliphatic carbocycles. The Balaban J connectivity index is 1.52. The van der Waals surface area contributed by atoms with E-state index < -0.39 is 5.60 Å². The summed E-state index contributed by atoms with van der Waals surface area (Å²) in [6.45, 7) is 3.53. The van der Waals surface area contributed by atoms with E-state index in [-0.39, 0.29) is 5.92 Å². The highest BCUT2D eigenvalue weighted by atomic mass is 79.9. The van der Waals surface area contributed by atoms with Crippen LogP contribution in [0.4, 0.5) is 0 Å². The first-order valence-corrected chi connectivity index (χ1v) is 15.5. The van der Waals surface area contributed by atoms with Gasteiger partial charge in [-0.3, -0.25) is 0 Å². The Hall–Kier alpha value is -2.73. The molecule has 5 heteroatoms. The highest BCUT2D eigenvalue weighted by Gasteiger charge is 2.40. The number of benzene rings is 3. The van der Waals surface area contributed by atoms with Gasteiger partial charge in [0.15, 0.2) is 0 Å². The summed E-state index contributed by atoms with van der Waals surface area (Å²) in [7, 11) is 1.68. The highest BCUT2D eigenvalue weighted by Crippen LogP contribution is 2.45. The standard InChI is InChI=1S/C35H41BrN2O2/c1-40-34-31(26-29-25-30(36)17-18-32(29)37-34)33(28-15-7-3-8-16-28)35(39,21-19-27-13-5-2-6-14-27)20-9-12-24-38-22-10-4-11-23-38/h2-3,5-8,13-18,25-26,33,39H,4,9-12,19-24H2,1H3. The van der Waals surface area contributed by atoms with E-state index in [9.17, 15) is 5.11 Å². The molecule has 2 atom stereocenters. The molecule has 1 aromatic heterocycles. The monoisotopic (exact) mass is 600 g/mol. The number of aryl methyl sites for hydroxylation is 1. The summed E-state index contributed by atoms with van der Waals surface area (Å²) >= 11 is 3.63. The molecule has 1 saturated heterocycles. The first-order chi connectivity index (χ1) is 19.6. The molecule has 2 heterocycles. The van der Waals surface area contributed by atoms with E-state index in [1.54, 1.807) is 7.11 Å². The van der Waals surface area contributed by atoms with Crippen molar-refractivity contribution >= 4 is 26.8 Å². The van der Waals surface area contributed by atoms with Crippen LogP contribution in [0, 0.1) is 0 Å². The Morgan fingerprint density at radius 2 is 1.62 bits per heavy atom. The number of fused-ring (bicyclic) bond motifs is 1. The summed E-state index contributed by atoms with van der Waals surface area (Å²) in [6, 6.07) is 29.2. The maximum atomic E-state index is 12.8. The SMILES string of the molecule is COc1nc2ccc(Br)cc2cc1C(c1ccccc1)C(O)(CCCCN1CCCCC1)CCc1ccccc1. The van der Waals surface area contributed by atoms with Crippen molar-refractivity contribution in [2.75, 3.05) is 26.7 Å². The van der Waals surface area contributed by atoms with Crippen molar-refractivity contribution in [3.05, 3.63) is 106 Å². The van der Waals surface area contributed by atoms with E-state index in [2.05, 4.69) is 81.5 Å². The van der Waals surface area contributed by atoms with Crippen LogP contribution >= 0.6 is 15.9 Å². The number of rotatable bonds is 12. The number of unbranched alkanes of at least 4 members (excludes halogenated alkanes) is 1. The molecule has 3 aromatic carbocycles. The number of likely N-dealkylation sites (tertiary alicyclic amines) is 1. The smallest absolute Gasteiger partial charge is 0.217 e. The van der Waals surface area contributed by atoms with E-state index >= 15 is 0 Å². The van der Waals surface area contributed by atoms with Gasteiger partial charge < -0.3 is 14.7 Å². The zero-order chi connectivity index (χ0) is 27.8. The fraction of sp³-hybridized carbons (Fsp3) is 0.400. The zero-order valence-electron chi connectivity index (χ0n) is 23.6. The minimum Gasteiger partial charge on any atom is -0.481 e. The van der Waals surface area contributed by atoms with Crippen LogP contribution < -0.4 is 4.74 Å². The summed E-state index contributed by atoms with van der Waals surface area (Å²) in [5.41, 5.74) is 3.17. The molecule has 210 valence electrons. The lowest BCUT2D eigenvalue weighted by Gasteiger charge is -2.38. The van der Waals surface area contributed by atoms with Crippen molar-refractivity contribution in [2.24, 2.45) is 0 Å². The van der Waals surface area contributed by atoms with Crippen LogP contribution in [0.2, 0.25) is 0 Å². The predicted octanol–water partition coefficient (Wildman–Crippen LogP) is 8.16. The number of halogens is 1. The van der Waals surface area contributed by atoms with Gasteiger partial charge >= 0.3 is 0 Å². The maximum Gasteiger partial charge on any atom is 0.217 e. The molecule has 0 saturated carbocycles. The van der Waals surface area contributed by atoms with E-state index in [1.165, 1.54) is 37.9 Å². The van der Waals surface area contributed by atoms with Gasteiger partial charge in [0, 0.05) is 21.3 Å². The van der Waals surface area contributed by atoms with Gasteiger partial charge in [0.05, 0.1) is 18.2 Å². The fourth-order valence-electron chi connectivity index (χ4n) is 6.31. The van der Waals surface area contributed by atoms with E-state index in [4.69, 9.17) is 9.72 Å². The fourth-order valence-corrected chi connectivity index (χ4v) is 6.69. The second kappa shape index (κ2) is 13.8. The highest BCUT2D eigenvalue weighted by molar-refractivity contribution is 9.10. The van der Waals surface area contributed by atoms with Crippen molar-refractivity contribution in [1.29, 1.82) is 0 Å². The van der Waals surface area contributed by atoms with Gasteiger partial charge in [-0.05, 0) is 100.0 Å². The summed E-state index contributed by atoms with van der Waals surface area (Å²) < 4.78 is 6.91. The second-order valence-corrected chi connectivity index (χ2v) is 12.1. The normalized spacial score (nSPS) is 16.5. The second-order valence-electron chi connectivity index (χ2n) is 11.2. The van der Waals surface area contributed by atoms with Crippen molar-refractivity contribution in [3.63, 3.8) is 0 Å². The Bertz CT molecular complexity index is 1360. The number of piperidine rings is 1. The van der Waals surface area contributed by atoms with Crippen molar-refractivity contribution in [3.8, 4) is 5.88 Å². The number of ether oxygens (including phenoxy) is 1. The third kappa shape index (κ3) is 7.12. The van der Waals surface area contributed by atoms with Gasteiger partial charge in [-0.2, -0.15) is 0 Å². The number of aromatic nitrogens is 1. The molecule has 1 aliphatic rings. The molecule has 0 bridgehead atoms. The maximum absolute atomic E-state index is 12.8. The molecular weight excluding hydrogens is 560 g/mol. The molecule has 40 heavy (non-hydrogen) atoms. The van der Waals surface area contributed by atoms with E-state index in [1.807, 2.05) is 24.3 Å². The Labute approximate surface area is 247 Å². The first-order valence-electron chi connectivity index (χ1n) is 14.7. The number of aliphatic hydroxyl groups is 1. The lowest BCUT2D eigenvalue weighted by molar-refractivity contribution is 0.00325. The lowest BCUT2D eigenvalue weighted by atomic mass is 9.72. The average molecular weight is 602 g/mol. The van der Waals surface area contributed by atoms with Crippen LogP contribution in [-0.2, 0) is 6.42 Å². The van der Waals surface area contributed by atoms with Crippen LogP contribution in [0.25, 0.3) is 10.9 Å². The topological polar surface area (TPSA) is 45.6 Å². The number of nitrogens with zero attached hydrogens (tertiary/aromatic N) is 2. The Morgan fingerprint density at radius 1 is 0.900 bits per heavy atom. The average Bonchev–Trinajstić information content (AvgIpc) is 3.00. The molecule has 1 aliphatic heterocycles. The van der Waals surface area contributed by atoms with Gasteiger partial charge in [0.25, 0.3) is 0 Å². The molecular formula is C35H41BrN2O2. The third-order valence-corrected chi connectivity index (χ3v) is 8.91. The van der Waals surface area contributed by atoms with E-state index in [0.29, 0.717) is 18.7 Å². The zero-order valence-corrected chi connectivity index (χ0v) is 25.2. The molecule has 1 fully saturated rings. The third-order valence-electron chi connectivity index (χ3n) is 8.42. The number of methoxy groups -OCH3 is 1. The molecule has 5 rings (SSSR count). The van der Waals surface area contributed by atoms with Gasteiger partial charge in [-0.25, -0.2) is 4.98 Å². The molecule has 0 radical (unpaired) electrons. The van der Waals surface area contributed by atoms with Gasteiger partial charge in [-0.15, -0.1) is 0 Å². The van der Waals surface area contributed by atoms with Crippen molar-refractivity contribution in [1.82, 2.24) is 9.88 Å². The summed E-state index contributed by atoms with van der Waals surface area (Å²) in [4.78, 5) is 7.50. The number of pyridine rings is 1. The van der Waals surface area contributed by atoms with Crippen LogP contribution in [0.5, 0.6) is 5.88 Å². The van der Waals surface area contributed by atoms with E-state index in [0.717, 1.165) is 52.3 Å². The lowest BCUT2D eigenvalue weighted by Crippen LogP contribution is -2.38. The van der Waals surface area contributed by atoms with Crippen molar-refractivity contribution in [2.45, 2.75) is 62.9 Å². The Kier molecular flexibility index (Phi) is 9.90. The molecule has 2 unspecified atom stereocenters. The van der Waals surface area contributed by atoms with Gasteiger partial charge in [0.2, 0.25) is 5.88 Å². The summed E-state index contributed by atoms with van der Waals surface area (Å²) in [5, 5.41) is 13.8. The summed E-state index contributed by atoms with van der Waals surface area (Å²) in [6.07, 6.45) is 8.21. The molecule has 0 amide bonds. The van der Waals surface area contributed by atoms with Gasteiger partial charge in [0.1, 0.15) is 0 Å². The van der Waals surface area contributed by atoms with Crippen LogP contribution in [0.3, 0.4) is 0 Å².